The summed E-state index contributed by atoms with van der Waals surface area (Å²) < 4.78 is 27.7. The monoisotopic (exact) mass is 436 g/mol. The maximum absolute atomic E-state index is 12.4. The minimum atomic E-state index is -3.84. The molecular formula is C19H17ClN2O4S2. The van der Waals surface area contributed by atoms with E-state index < -0.39 is 16.0 Å². The van der Waals surface area contributed by atoms with Crippen molar-refractivity contribution in [2.24, 2.45) is 0 Å². The van der Waals surface area contributed by atoms with Gasteiger partial charge in [0.15, 0.2) is 0 Å². The van der Waals surface area contributed by atoms with Crippen molar-refractivity contribution in [1.29, 1.82) is 0 Å². The van der Waals surface area contributed by atoms with Crippen molar-refractivity contribution in [2.45, 2.75) is 10.8 Å². The van der Waals surface area contributed by atoms with Crippen molar-refractivity contribution in [3.05, 3.63) is 76.1 Å². The lowest BCUT2D eigenvalue weighted by atomic mass is 10.1. The number of carbonyl (C=O) groups is 1. The lowest BCUT2D eigenvalue weighted by molar-refractivity contribution is 0.0697. The molecule has 0 saturated carbocycles. The Balaban J connectivity index is 1.88. The lowest BCUT2D eigenvalue weighted by Crippen LogP contribution is -2.20. The number of carboxylic acid groups (broad SMARTS) is 1. The van der Waals surface area contributed by atoms with E-state index in [9.17, 15) is 18.3 Å². The molecule has 6 nitrogen and oxygen atoms in total. The van der Waals surface area contributed by atoms with Crippen molar-refractivity contribution >= 4 is 50.3 Å². The first-order valence-electron chi connectivity index (χ1n) is 8.17. The molecule has 146 valence electrons. The SMILES string of the molecule is CN(Cc1ccccc1)c1ccc(NS(=O)(=O)c2ccc(Cl)s2)cc1C(=O)O. The highest BCUT2D eigenvalue weighted by Crippen LogP contribution is 2.29. The van der Waals surface area contributed by atoms with E-state index in [4.69, 9.17) is 11.6 Å². The molecule has 0 unspecified atom stereocenters. The molecule has 0 amide bonds. The van der Waals surface area contributed by atoms with Gasteiger partial charge in [-0.05, 0) is 35.9 Å². The molecular weight excluding hydrogens is 420 g/mol. The Labute approximate surface area is 172 Å². The molecule has 3 rings (SSSR count). The Morgan fingerprint density at radius 2 is 1.86 bits per heavy atom. The van der Waals surface area contributed by atoms with Crippen molar-refractivity contribution in [3.8, 4) is 0 Å². The van der Waals surface area contributed by atoms with Crippen LogP contribution in [0, 0.1) is 0 Å². The van der Waals surface area contributed by atoms with Gasteiger partial charge in [0, 0.05) is 19.3 Å². The molecule has 0 atom stereocenters. The van der Waals surface area contributed by atoms with Gasteiger partial charge in [0.2, 0.25) is 0 Å². The maximum atomic E-state index is 12.4. The van der Waals surface area contributed by atoms with E-state index in [1.54, 1.807) is 18.0 Å². The van der Waals surface area contributed by atoms with Crippen molar-refractivity contribution in [2.75, 3.05) is 16.7 Å². The summed E-state index contributed by atoms with van der Waals surface area (Å²) in [5.41, 5.74) is 1.68. The number of nitrogens with one attached hydrogen (secondary N) is 1. The smallest absolute Gasteiger partial charge is 0.337 e. The van der Waals surface area contributed by atoms with E-state index in [1.165, 1.54) is 24.3 Å². The van der Waals surface area contributed by atoms with Gasteiger partial charge in [-0.1, -0.05) is 41.9 Å². The van der Waals surface area contributed by atoms with Crippen molar-refractivity contribution in [3.63, 3.8) is 0 Å². The number of benzene rings is 2. The van der Waals surface area contributed by atoms with Gasteiger partial charge in [-0.3, -0.25) is 4.72 Å². The Bertz CT molecular complexity index is 1100. The standard InChI is InChI=1S/C19H17ClN2O4S2/c1-22(12-13-5-3-2-4-6-13)16-8-7-14(11-15(16)19(23)24)21-28(25,26)18-10-9-17(20)27-18/h2-11,21H,12H2,1H3,(H,23,24). The van der Waals surface area contributed by atoms with Gasteiger partial charge in [-0.2, -0.15) is 0 Å². The molecule has 0 aliphatic rings. The zero-order valence-corrected chi connectivity index (χ0v) is 17.2. The minimum Gasteiger partial charge on any atom is -0.478 e. The molecule has 1 aromatic heterocycles. The number of hydrogen-bond acceptors (Lipinski definition) is 5. The van der Waals surface area contributed by atoms with E-state index >= 15 is 0 Å². The van der Waals surface area contributed by atoms with Gasteiger partial charge >= 0.3 is 5.97 Å². The minimum absolute atomic E-state index is 0.00263. The lowest BCUT2D eigenvalue weighted by Gasteiger charge is -2.22. The van der Waals surface area contributed by atoms with E-state index in [0.717, 1.165) is 16.9 Å². The van der Waals surface area contributed by atoms with Crippen LogP contribution in [0.25, 0.3) is 0 Å². The fraction of sp³-hybridized carbons (Fsp3) is 0.105. The Morgan fingerprint density at radius 3 is 2.46 bits per heavy atom. The summed E-state index contributed by atoms with van der Waals surface area (Å²) in [4.78, 5) is 13.6. The Morgan fingerprint density at radius 1 is 1.14 bits per heavy atom. The number of hydrogen-bond donors (Lipinski definition) is 2. The van der Waals surface area contributed by atoms with Crippen LogP contribution in [0.1, 0.15) is 15.9 Å². The van der Waals surface area contributed by atoms with Crippen LogP contribution in [-0.2, 0) is 16.6 Å². The zero-order valence-electron chi connectivity index (χ0n) is 14.8. The Hall–Kier alpha value is -2.55. The molecule has 9 heteroatoms. The maximum Gasteiger partial charge on any atom is 0.337 e. The summed E-state index contributed by atoms with van der Waals surface area (Å²) in [6.45, 7) is 0.514. The fourth-order valence-electron chi connectivity index (χ4n) is 2.69. The zero-order chi connectivity index (χ0) is 20.3. The van der Waals surface area contributed by atoms with Crippen LogP contribution in [-0.4, -0.2) is 26.5 Å². The second-order valence-corrected chi connectivity index (χ2v) is 9.67. The summed E-state index contributed by atoms with van der Waals surface area (Å²) >= 11 is 6.73. The Kier molecular flexibility index (Phi) is 5.93. The summed E-state index contributed by atoms with van der Waals surface area (Å²) in [6.07, 6.45) is 0. The average molecular weight is 437 g/mol. The van der Waals surface area contributed by atoms with Gasteiger partial charge in [-0.25, -0.2) is 13.2 Å². The third-order valence-electron chi connectivity index (χ3n) is 3.97. The predicted octanol–water partition coefficient (Wildman–Crippen LogP) is 4.54. The quantitative estimate of drug-likeness (QED) is 0.568. The molecule has 0 bridgehead atoms. The highest BCUT2D eigenvalue weighted by molar-refractivity contribution is 7.94. The van der Waals surface area contributed by atoms with Crippen LogP contribution in [0.4, 0.5) is 11.4 Å². The molecule has 2 aromatic carbocycles. The molecule has 0 saturated heterocycles. The average Bonchev–Trinajstić information content (AvgIpc) is 3.09. The van der Waals surface area contributed by atoms with E-state index in [0.29, 0.717) is 16.6 Å². The number of thiophene rings is 1. The largest absolute Gasteiger partial charge is 0.478 e. The van der Waals surface area contributed by atoms with Crippen LogP contribution in [0.5, 0.6) is 0 Å². The first-order chi connectivity index (χ1) is 13.3. The molecule has 2 N–H and O–H groups in total. The van der Waals surface area contributed by atoms with Crippen LogP contribution >= 0.6 is 22.9 Å². The molecule has 0 aliphatic heterocycles. The number of nitrogens with zero attached hydrogens (tertiary/aromatic N) is 1. The topological polar surface area (TPSA) is 86.7 Å². The number of rotatable bonds is 7. The second-order valence-electron chi connectivity index (χ2n) is 6.04. The normalized spacial score (nSPS) is 11.2. The summed E-state index contributed by atoms with van der Waals surface area (Å²) in [5, 5.41) is 9.60. The van der Waals surface area contributed by atoms with Crippen molar-refractivity contribution < 1.29 is 18.3 Å². The van der Waals surface area contributed by atoms with E-state index in [2.05, 4.69) is 4.72 Å². The van der Waals surface area contributed by atoms with Gasteiger partial charge in [-0.15, -0.1) is 11.3 Å². The van der Waals surface area contributed by atoms with E-state index in [-0.39, 0.29) is 15.5 Å². The van der Waals surface area contributed by atoms with Gasteiger partial charge in [0.1, 0.15) is 4.21 Å². The van der Waals surface area contributed by atoms with Crippen molar-refractivity contribution in [1.82, 2.24) is 0 Å². The molecule has 0 fully saturated rings. The molecule has 28 heavy (non-hydrogen) atoms. The van der Waals surface area contributed by atoms with Crippen LogP contribution in [0.2, 0.25) is 4.34 Å². The van der Waals surface area contributed by atoms with Crippen LogP contribution < -0.4 is 9.62 Å². The number of halogens is 1. The first kappa shape index (κ1) is 20.2. The predicted molar refractivity (Wildman–Crippen MR) is 112 cm³/mol. The third kappa shape index (κ3) is 4.64. The van der Waals surface area contributed by atoms with Gasteiger partial charge in [0.05, 0.1) is 15.6 Å². The molecule has 0 radical (unpaired) electrons. The first-order valence-corrected chi connectivity index (χ1v) is 10.8. The summed E-state index contributed by atoms with van der Waals surface area (Å²) in [7, 11) is -2.06. The fourth-order valence-corrected chi connectivity index (χ4v) is 5.23. The summed E-state index contributed by atoms with van der Waals surface area (Å²) in [5.74, 6) is -1.14. The van der Waals surface area contributed by atoms with E-state index in [1.807, 2.05) is 30.3 Å². The number of sulfonamides is 1. The molecule has 0 spiro atoms. The second kappa shape index (κ2) is 8.22. The number of carboxylic acids is 1. The highest BCUT2D eigenvalue weighted by atomic mass is 35.5. The van der Waals surface area contributed by atoms with Crippen LogP contribution in [0.15, 0.2) is 64.9 Å². The highest BCUT2D eigenvalue weighted by Gasteiger charge is 2.20. The molecule has 0 aliphatic carbocycles. The number of aromatic carboxylic acids is 1. The third-order valence-corrected chi connectivity index (χ3v) is 7.07. The van der Waals surface area contributed by atoms with Gasteiger partial charge in [0.25, 0.3) is 10.0 Å². The molecule has 3 aromatic rings. The number of anilines is 2. The summed E-state index contributed by atoms with van der Waals surface area (Å²) in [6, 6.07) is 17.0. The molecule has 1 heterocycles. The van der Waals surface area contributed by atoms with Crippen LogP contribution in [0.3, 0.4) is 0 Å². The van der Waals surface area contributed by atoms with Gasteiger partial charge < -0.3 is 10.0 Å².